The molecule has 0 aromatic heterocycles. The molecule has 0 bridgehead atoms. The molecule has 2 saturated carbocycles. The fourth-order valence-corrected chi connectivity index (χ4v) is 6.07. The summed E-state index contributed by atoms with van der Waals surface area (Å²) in [4.78, 5) is 28.7. The van der Waals surface area contributed by atoms with Crippen LogP contribution in [0.1, 0.15) is 60.9 Å². The smallest absolute Gasteiger partial charge is 0.254 e. The van der Waals surface area contributed by atoms with E-state index in [0.29, 0.717) is 50.5 Å². The molecule has 2 N–H and O–H groups in total. The Labute approximate surface area is 203 Å². The van der Waals surface area contributed by atoms with Gasteiger partial charge in [0.2, 0.25) is 0 Å². The second kappa shape index (κ2) is 9.66. The van der Waals surface area contributed by atoms with E-state index in [4.69, 9.17) is 0 Å². The van der Waals surface area contributed by atoms with Gasteiger partial charge >= 0.3 is 0 Å². The van der Waals surface area contributed by atoms with Gasteiger partial charge in [-0.3, -0.25) is 9.59 Å². The van der Waals surface area contributed by atoms with Gasteiger partial charge in [0.15, 0.2) is 0 Å². The first-order chi connectivity index (χ1) is 16.4. The van der Waals surface area contributed by atoms with Crippen molar-refractivity contribution in [3.05, 3.63) is 53.2 Å². The molecule has 8 heteroatoms. The second-order valence-corrected chi connectivity index (χ2v) is 11.2. The second-order valence-electron chi connectivity index (χ2n) is 9.97. The fourth-order valence-electron chi connectivity index (χ4n) is 4.77. The van der Waals surface area contributed by atoms with Gasteiger partial charge in [0.1, 0.15) is 16.6 Å². The number of nitrogens with one attached hydrogen (secondary N) is 1. The molecule has 1 aliphatic heterocycles. The minimum absolute atomic E-state index is 0.0364. The van der Waals surface area contributed by atoms with Crippen LogP contribution in [0.2, 0.25) is 0 Å². The van der Waals surface area contributed by atoms with Crippen molar-refractivity contribution in [3.8, 4) is 0 Å². The summed E-state index contributed by atoms with van der Waals surface area (Å²) >= 11 is 0. The maximum absolute atomic E-state index is 13.0. The third kappa shape index (κ3) is 5.13. The van der Waals surface area contributed by atoms with Gasteiger partial charge in [0.25, 0.3) is 11.8 Å². The van der Waals surface area contributed by atoms with Crippen molar-refractivity contribution < 1.29 is 18.9 Å². The lowest BCUT2D eigenvalue weighted by Crippen LogP contribution is -2.53. The third-order valence-corrected chi connectivity index (χ3v) is 8.67. The average Bonchev–Trinajstić information content (AvgIpc) is 3.59. The van der Waals surface area contributed by atoms with Crippen LogP contribution < -0.4 is 4.72 Å². The summed E-state index contributed by atoms with van der Waals surface area (Å²) in [5, 5.41) is 10.0. The first kappa shape index (κ1) is 23.3. The first-order valence-corrected chi connectivity index (χ1v) is 13.7. The van der Waals surface area contributed by atoms with Gasteiger partial charge < -0.3 is 19.6 Å². The van der Waals surface area contributed by atoms with Crippen molar-refractivity contribution >= 4 is 28.4 Å². The Morgan fingerprint density at radius 3 is 2.35 bits per heavy atom. The van der Waals surface area contributed by atoms with E-state index < -0.39 is 16.6 Å². The van der Waals surface area contributed by atoms with E-state index in [1.165, 1.54) is 19.3 Å². The number of rotatable bonds is 7. The summed E-state index contributed by atoms with van der Waals surface area (Å²) in [6.07, 6.45) is 10.7. The van der Waals surface area contributed by atoms with E-state index in [2.05, 4.69) is 16.9 Å². The number of carbonyl (C=O) groups is 2. The van der Waals surface area contributed by atoms with Crippen LogP contribution in [-0.2, 0) is 15.8 Å². The molecule has 1 atom stereocenters. The largest absolute Gasteiger partial charge is 0.380 e. The van der Waals surface area contributed by atoms with E-state index in [1.54, 1.807) is 9.80 Å². The molecule has 1 aromatic rings. The molecule has 1 unspecified atom stereocenters. The lowest BCUT2D eigenvalue weighted by Gasteiger charge is -2.35. The number of allylic oxidation sites excluding steroid dienone is 4. The molecule has 5 rings (SSSR count). The summed E-state index contributed by atoms with van der Waals surface area (Å²) < 4.78 is 15.6. The van der Waals surface area contributed by atoms with Gasteiger partial charge in [-0.15, -0.1) is 0 Å². The number of hydrogen-bond acceptors (Lipinski definition) is 4. The number of aliphatic hydroxyl groups is 1. The van der Waals surface area contributed by atoms with E-state index in [9.17, 15) is 18.9 Å². The Kier molecular flexibility index (Phi) is 6.62. The summed E-state index contributed by atoms with van der Waals surface area (Å²) in [6.45, 7) is 1.87. The monoisotopic (exact) mass is 483 g/mol. The highest BCUT2D eigenvalue weighted by atomic mass is 32.2. The highest BCUT2D eigenvalue weighted by molar-refractivity contribution is 7.83. The lowest BCUT2D eigenvalue weighted by molar-refractivity contribution is -0.143. The normalized spacial score (nSPS) is 22.9. The summed E-state index contributed by atoms with van der Waals surface area (Å²) in [7, 11) is -1.02. The molecule has 7 nitrogen and oxygen atoms in total. The highest BCUT2D eigenvalue weighted by Crippen LogP contribution is 2.37. The van der Waals surface area contributed by atoms with E-state index >= 15 is 0 Å². The van der Waals surface area contributed by atoms with Gasteiger partial charge in [-0.25, -0.2) is 4.21 Å². The molecule has 1 heterocycles. The molecule has 0 radical (unpaired) electrons. The molecule has 3 aliphatic carbocycles. The molecule has 2 amide bonds. The standard InChI is InChI=1S/C26H33N3O4S/c30-24(28-13-15-29(16-14-28)25(31)26(32)11-12-26)21-9-7-20(8-10-21)22-5-2-6-23(17-22)27-34(33)18-19-3-1-4-19/h5,7-10,17,19,27,32H,1-4,6,11-16,18H2. The van der Waals surface area contributed by atoms with Gasteiger partial charge in [-0.2, -0.15) is 0 Å². The Hall–Kier alpha value is -2.45. The Morgan fingerprint density at radius 2 is 1.74 bits per heavy atom. The Bertz CT molecular complexity index is 1030. The lowest BCUT2D eigenvalue weighted by atomic mass is 9.87. The topological polar surface area (TPSA) is 90.0 Å². The van der Waals surface area contributed by atoms with Crippen LogP contribution in [0.25, 0.3) is 5.57 Å². The van der Waals surface area contributed by atoms with Crippen LogP contribution in [0.3, 0.4) is 0 Å². The zero-order valence-electron chi connectivity index (χ0n) is 19.5. The van der Waals surface area contributed by atoms with Gasteiger partial charge in [-0.1, -0.05) is 24.6 Å². The quantitative estimate of drug-likeness (QED) is 0.624. The fraction of sp³-hybridized carbons (Fsp3) is 0.538. The minimum atomic E-state index is -1.15. The number of benzene rings is 1. The van der Waals surface area contributed by atoms with Crippen molar-refractivity contribution in [2.75, 3.05) is 31.9 Å². The Balaban J connectivity index is 1.16. The highest BCUT2D eigenvalue weighted by Gasteiger charge is 2.50. The zero-order valence-corrected chi connectivity index (χ0v) is 20.3. The number of carbonyl (C=O) groups excluding carboxylic acids is 2. The van der Waals surface area contributed by atoms with Crippen LogP contribution in [-0.4, -0.2) is 68.5 Å². The Morgan fingerprint density at radius 1 is 1.06 bits per heavy atom. The third-order valence-electron chi connectivity index (χ3n) is 7.41. The molecule has 1 saturated heterocycles. The molecule has 182 valence electrons. The first-order valence-electron chi connectivity index (χ1n) is 12.4. The van der Waals surface area contributed by atoms with Crippen molar-refractivity contribution in [1.82, 2.24) is 14.5 Å². The van der Waals surface area contributed by atoms with Crippen molar-refractivity contribution in [3.63, 3.8) is 0 Å². The SMILES string of the molecule is O=C(c1ccc(C2=CCCC(NS(=O)CC3CCC3)=C2)cc1)N1CCN(C(=O)C2(O)CC2)CC1. The summed E-state index contributed by atoms with van der Waals surface area (Å²) in [6, 6.07) is 7.64. The van der Waals surface area contributed by atoms with E-state index in [0.717, 1.165) is 35.4 Å². The predicted molar refractivity (Wildman–Crippen MR) is 132 cm³/mol. The predicted octanol–water partition coefficient (Wildman–Crippen LogP) is 2.61. The number of piperazine rings is 1. The van der Waals surface area contributed by atoms with Crippen molar-refractivity contribution in [2.45, 2.75) is 50.5 Å². The maximum atomic E-state index is 13.0. The van der Waals surface area contributed by atoms with Crippen LogP contribution in [0, 0.1) is 5.92 Å². The number of hydrogen-bond donors (Lipinski definition) is 2. The molecule has 3 fully saturated rings. The number of nitrogens with zero attached hydrogens (tertiary/aromatic N) is 2. The molecule has 1 aromatic carbocycles. The maximum Gasteiger partial charge on any atom is 0.254 e. The number of amides is 2. The zero-order chi connectivity index (χ0) is 23.7. The van der Waals surface area contributed by atoms with Crippen molar-refractivity contribution in [2.24, 2.45) is 5.92 Å². The van der Waals surface area contributed by atoms with E-state index in [1.807, 2.05) is 24.3 Å². The van der Waals surface area contributed by atoms with E-state index in [-0.39, 0.29) is 11.8 Å². The van der Waals surface area contributed by atoms with Gasteiger partial charge in [-0.05, 0) is 73.8 Å². The van der Waals surface area contributed by atoms with Crippen molar-refractivity contribution in [1.29, 1.82) is 0 Å². The molecular formula is C26H33N3O4S. The summed E-state index contributed by atoms with van der Waals surface area (Å²) in [5.41, 5.74) is 2.61. The molecule has 0 spiro atoms. The van der Waals surface area contributed by atoms with Gasteiger partial charge in [0, 0.05) is 43.2 Å². The molecule has 4 aliphatic rings. The minimum Gasteiger partial charge on any atom is -0.380 e. The molecular weight excluding hydrogens is 450 g/mol. The van der Waals surface area contributed by atoms with Crippen LogP contribution in [0.15, 0.2) is 42.1 Å². The average molecular weight is 484 g/mol. The van der Waals surface area contributed by atoms with Crippen LogP contribution in [0.5, 0.6) is 0 Å². The van der Waals surface area contributed by atoms with Gasteiger partial charge in [0.05, 0.1) is 0 Å². The summed E-state index contributed by atoms with van der Waals surface area (Å²) in [5.74, 6) is 1.10. The molecule has 34 heavy (non-hydrogen) atoms. The van der Waals surface area contributed by atoms with Crippen LogP contribution >= 0.6 is 0 Å². The van der Waals surface area contributed by atoms with Crippen LogP contribution in [0.4, 0.5) is 0 Å².